The Morgan fingerprint density at radius 3 is 2.65 bits per heavy atom. The fourth-order valence-corrected chi connectivity index (χ4v) is 2.61. The highest BCUT2D eigenvalue weighted by atomic mass is 32.2. The first kappa shape index (κ1) is 14.3. The summed E-state index contributed by atoms with van der Waals surface area (Å²) < 4.78 is 5.64. The van der Waals surface area contributed by atoms with Crippen molar-refractivity contribution in [2.75, 3.05) is 18.1 Å². The summed E-state index contributed by atoms with van der Waals surface area (Å²) in [6.45, 7) is 2.69. The van der Waals surface area contributed by atoms with Gasteiger partial charge in [-0.25, -0.2) is 0 Å². The number of nitrogen functional groups attached to an aromatic ring is 1. The van der Waals surface area contributed by atoms with E-state index in [0.29, 0.717) is 12.2 Å². The Balaban J connectivity index is 1.81. The van der Waals surface area contributed by atoms with Crippen molar-refractivity contribution in [1.29, 1.82) is 5.26 Å². The van der Waals surface area contributed by atoms with Crippen LogP contribution in [-0.2, 0) is 0 Å². The van der Waals surface area contributed by atoms with Crippen LogP contribution in [0.15, 0.2) is 47.4 Å². The summed E-state index contributed by atoms with van der Waals surface area (Å²) in [5.74, 6) is 1.64. The molecule has 20 heavy (non-hydrogen) atoms. The van der Waals surface area contributed by atoms with Crippen LogP contribution in [0.4, 0.5) is 5.69 Å². The van der Waals surface area contributed by atoms with Crippen LogP contribution in [0.1, 0.15) is 11.1 Å². The first-order chi connectivity index (χ1) is 9.69. The van der Waals surface area contributed by atoms with E-state index in [2.05, 4.69) is 13.0 Å². The van der Waals surface area contributed by atoms with Gasteiger partial charge in [0, 0.05) is 16.3 Å². The monoisotopic (exact) mass is 284 g/mol. The van der Waals surface area contributed by atoms with Crippen LogP contribution in [0.5, 0.6) is 5.75 Å². The van der Waals surface area contributed by atoms with E-state index in [0.717, 1.165) is 17.2 Å². The molecule has 0 unspecified atom stereocenters. The third kappa shape index (κ3) is 3.94. The van der Waals surface area contributed by atoms with Gasteiger partial charge in [0.25, 0.3) is 0 Å². The number of hydrogen-bond acceptors (Lipinski definition) is 4. The Morgan fingerprint density at radius 1 is 1.20 bits per heavy atom. The molecule has 0 aliphatic rings. The highest BCUT2D eigenvalue weighted by Gasteiger charge is 2.00. The van der Waals surface area contributed by atoms with E-state index in [4.69, 9.17) is 15.7 Å². The second-order valence-corrected chi connectivity index (χ2v) is 5.49. The molecule has 0 amide bonds. The number of ether oxygens (including phenoxy) is 1. The average molecular weight is 284 g/mol. The maximum Gasteiger partial charge on any atom is 0.119 e. The number of anilines is 1. The minimum Gasteiger partial charge on any atom is -0.493 e. The molecule has 2 aromatic carbocycles. The number of rotatable bonds is 5. The molecule has 102 valence electrons. The van der Waals surface area contributed by atoms with E-state index < -0.39 is 0 Å². The predicted octanol–water partition coefficient (Wildman–Crippen LogP) is 3.62. The lowest BCUT2D eigenvalue weighted by Gasteiger charge is -2.08. The van der Waals surface area contributed by atoms with E-state index in [1.165, 1.54) is 10.5 Å². The van der Waals surface area contributed by atoms with Gasteiger partial charge in [-0.1, -0.05) is 6.07 Å². The maximum absolute atomic E-state index is 8.71. The summed E-state index contributed by atoms with van der Waals surface area (Å²) >= 11 is 1.73. The number of hydrogen-bond donors (Lipinski definition) is 1. The number of nitrogens with two attached hydrogens (primary N) is 1. The molecule has 0 fully saturated rings. The van der Waals surface area contributed by atoms with Crippen LogP contribution in [0, 0.1) is 18.3 Å². The van der Waals surface area contributed by atoms with Crippen LogP contribution in [0.3, 0.4) is 0 Å². The normalized spacial score (nSPS) is 10.0. The van der Waals surface area contributed by atoms with Gasteiger partial charge in [-0.2, -0.15) is 5.26 Å². The molecule has 2 rings (SSSR count). The molecule has 2 aromatic rings. The maximum atomic E-state index is 8.71. The molecule has 0 spiro atoms. The van der Waals surface area contributed by atoms with Gasteiger partial charge in [-0.05, 0) is 48.9 Å². The van der Waals surface area contributed by atoms with Crippen LogP contribution in [0.2, 0.25) is 0 Å². The molecule has 0 aromatic heterocycles. The van der Waals surface area contributed by atoms with E-state index >= 15 is 0 Å². The van der Waals surface area contributed by atoms with Crippen LogP contribution >= 0.6 is 11.8 Å². The minimum atomic E-state index is 0.616. The fourth-order valence-electron chi connectivity index (χ4n) is 1.71. The molecule has 0 saturated heterocycles. The van der Waals surface area contributed by atoms with E-state index in [1.807, 2.05) is 30.3 Å². The summed E-state index contributed by atoms with van der Waals surface area (Å²) in [7, 11) is 0. The Bertz CT molecular complexity index is 617. The quantitative estimate of drug-likeness (QED) is 0.517. The van der Waals surface area contributed by atoms with Gasteiger partial charge >= 0.3 is 0 Å². The molecule has 0 aliphatic carbocycles. The molecule has 0 atom stereocenters. The minimum absolute atomic E-state index is 0.616. The fraction of sp³-hybridized carbons (Fsp3) is 0.188. The molecule has 0 heterocycles. The van der Waals surface area contributed by atoms with Gasteiger partial charge in [-0.15, -0.1) is 11.8 Å². The van der Waals surface area contributed by atoms with E-state index in [-0.39, 0.29) is 0 Å². The van der Waals surface area contributed by atoms with Crippen molar-refractivity contribution in [2.24, 2.45) is 0 Å². The molecule has 3 nitrogen and oxygen atoms in total. The average Bonchev–Trinajstić information content (AvgIpc) is 2.47. The molecule has 0 bridgehead atoms. The molecule has 2 N–H and O–H groups in total. The molecule has 0 radical (unpaired) electrons. The standard InChI is InChI=1S/C16H16N2OS/c1-12-2-5-14(18)10-16(12)20-9-8-19-15-6-3-13(11-17)4-7-15/h2-7,10H,8-9,18H2,1H3. The van der Waals surface area contributed by atoms with Crippen molar-refractivity contribution in [3.8, 4) is 11.8 Å². The lowest BCUT2D eigenvalue weighted by atomic mass is 10.2. The van der Waals surface area contributed by atoms with Gasteiger partial charge in [-0.3, -0.25) is 0 Å². The van der Waals surface area contributed by atoms with E-state index in [1.54, 1.807) is 23.9 Å². The van der Waals surface area contributed by atoms with Gasteiger partial charge in [0.15, 0.2) is 0 Å². The van der Waals surface area contributed by atoms with Crippen molar-refractivity contribution in [2.45, 2.75) is 11.8 Å². The zero-order valence-electron chi connectivity index (χ0n) is 11.3. The van der Waals surface area contributed by atoms with Crippen LogP contribution < -0.4 is 10.5 Å². The predicted molar refractivity (Wildman–Crippen MR) is 83.0 cm³/mol. The van der Waals surface area contributed by atoms with Crippen molar-refractivity contribution >= 4 is 17.4 Å². The Hall–Kier alpha value is -2.12. The summed E-state index contributed by atoms with van der Waals surface area (Å²) in [5, 5.41) is 8.71. The van der Waals surface area contributed by atoms with Crippen molar-refractivity contribution in [1.82, 2.24) is 0 Å². The molecule has 0 saturated carbocycles. The first-order valence-corrected chi connectivity index (χ1v) is 7.29. The molecule has 0 aliphatic heterocycles. The summed E-state index contributed by atoms with van der Waals surface area (Å²) in [6.07, 6.45) is 0. The molecular formula is C16H16N2OS. The lowest BCUT2D eigenvalue weighted by Crippen LogP contribution is -2.00. The smallest absolute Gasteiger partial charge is 0.119 e. The van der Waals surface area contributed by atoms with Crippen molar-refractivity contribution < 1.29 is 4.74 Å². The Labute approximate surface area is 123 Å². The van der Waals surface area contributed by atoms with Crippen LogP contribution in [0.25, 0.3) is 0 Å². The van der Waals surface area contributed by atoms with Crippen molar-refractivity contribution in [3.05, 3.63) is 53.6 Å². The van der Waals surface area contributed by atoms with Gasteiger partial charge in [0.05, 0.1) is 18.2 Å². The van der Waals surface area contributed by atoms with Gasteiger partial charge in [0.2, 0.25) is 0 Å². The largest absolute Gasteiger partial charge is 0.493 e. The highest BCUT2D eigenvalue weighted by molar-refractivity contribution is 7.99. The zero-order valence-corrected chi connectivity index (χ0v) is 12.1. The third-order valence-electron chi connectivity index (χ3n) is 2.81. The topological polar surface area (TPSA) is 59.0 Å². The Morgan fingerprint density at radius 2 is 1.95 bits per heavy atom. The van der Waals surface area contributed by atoms with Gasteiger partial charge in [0.1, 0.15) is 5.75 Å². The number of aryl methyl sites for hydroxylation is 1. The number of nitriles is 1. The second-order valence-electron chi connectivity index (χ2n) is 4.36. The molecule has 4 heteroatoms. The number of thioether (sulfide) groups is 1. The summed E-state index contributed by atoms with van der Waals surface area (Å²) in [4.78, 5) is 1.19. The van der Waals surface area contributed by atoms with Crippen LogP contribution in [-0.4, -0.2) is 12.4 Å². The SMILES string of the molecule is Cc1ccc(N)cc1SCCOc1ccc(C#N)cc1. The molecular weight excluding hydrogens is 268 g/mol. The van der Waals surface area contributed by atoms with Gasteiger partial charge < -0.3 is 10.5 Å². The van der Waals surface area contributed by atoms with E-state index in [9.17, 15) is 0 Å². The Kier molecular flexibility index (Phi) is 4.91. The number of benzene rings is 2. The summed E-state index contributed by atoms with van der Waals surface area (Å²) in [6, 6.07) is 15.1. The highest BCUT2D eigenvalue weighted by Crippen LogP contribution is 2.24. The lowest BCUT2D eigenvalue weighted by molar-refractivity contribution is 0.344. The third-order valence-corrected chi connectivity index (χ3v) is 3.93. The zero-order chi connectivity index (χ0) is 14.4. The second kappa shape index (κ2) is 6.88. The van der Waals surface area contributed by atoms with Crippen molar-refractivity contribution in [3.63, 3.8) is 0 Å². The number of nitrogens with zero attached hydrogens (tertiary/aromatic N) is 1. The first-order valence-electron chi connectivity index (χ1n) is 6.31. The summed E-state index contributed by atoms with van der Waals surface area (Å²) in [5.41, 5.74) is 8.43.